The topological polar surface area (TPSA) is 92.4 Å². The van der Waals surface area contributed by atoms with E-state index >= 15 is 0 Å². The fourth-order valence-corrected chi connectivity index (χ4v) is 1.50. The summed E-state index contributed by atoms with van der Waals surface area (Å²) in [5.41, 5.74) is 7.20. The average Bonchev–Trinajstić information content (AvgIpc) is 2.33. The number of hydrogen-bond donors (Lipinski definition) is 3. The van der Waals surface area contributed by atoms with E-state index in [1.807, 2.05) is 27.7 Å². The Labute approximate surface area is 103 Å². The van der Waals surface area contributed by atoms with Gasteiger partial charge in [-0.05, 0) is 11.8 Å². The number of carbonyl (C=O) groups is 2. The molecule has 100 valence electrons. The van der Waals surface area contributed by atoms with E-state index in [1.54, 1.807) is 0 Å². The molecule has 0 aliphatic rings. The number of Topliss-reactive ketones (excluding diaryl/α,β-unsaturated/α-hetero) is 1. The standard InChI is InChI=1S/C12H24N2O3/c1-5-12(3,4)8(2)11(16)9(13)6-7-10(15)14-17/h8-9,17H,5-7,13H2,1-4H3,(H,14,15)/t8?,9-/m0/s1. The number of nitrogens with two attached hydrogens (primary N) is 1. The van der Waals surface area contributed by atoms with Gasteiger partial charge in [0.25, 0.3) is 0 Å². The smallest absolute Gasteiger partial charge is 0.243 e. The molecule has 0 heterocycles. The van der Waals surface area contributed by atoms with E-state index in [-0.39, 0.29) is 30.0 Å². The van der Waals surface area contributed by atoms with Gasteiger partial charge in [0.2, 0.25) is 5.91 Å². The molecule has 0 aromatic rings. The zero-order chi connectivity index (χ0) is 13.6. The second-order valence-electron chi connectivity index (χ2n) is 5.15. The van der Waals surface area contributed by atoms with Crippen LogP contribution in [0.2, 0.25) is 0 Å². The predicted octanol–water partition coefficient (Wildman–Crippen LogP) is 1.24. The molecule has 5 nitrogen and oxygen atoms in total. The van der Waals surface area contributed by atoms with E-state index in [9.17, 15) is 9.59 Å². The third-order valence-electron chi connectivity index (χ3n) is 3.68. The first kappa shape index (κ1) is 16.1. The van der Waals surface area contributed by atoms with E-state index in [1.165, 1.54) is 5.48 Å². The third kappa shape index (κ3) is 4.83. The largest absolute Gasteiger partial charge is 0.321 e. The number of nitrogens with one attached hydrogen (secondary N) is 1. The Morgan fingerprint density at radius 3 is 2.35 bits per heavy atom. The minimum absolute atomic E-state index is 0.0254. The molecule has 2 atom stereocenters. The molecule has 0 radical (unpaired) electrons. The number of amides is 1. The summed E-state index contributed by atoms with van der Waals surface area (Å²) in [4.78, 5) is 22.9. The van der Waals surface area contributed by atoms with Crippen LogP contribution in [0, 0.1) is 11.3 Å². The molecule has 0 aromatic heterocycles. The van der Waals surface area contributed by atoms with E-state index < -0.39 is 11.9 Å². The summed E-state index contributed by atoms with van der Waals surface area (Å²) in [6.45, 7) is 7.97. The van der Waals surface area contributed by atoms with Gasteiger partial charge in [0.05, 0.1) is 6.04 Å². The summed E-state index contributed by atoms with van der Waals surface area (Å²) in [5.74, 6) is -0.682. The van der Waals surface area contributed by atoms with Crippen molar-refractivity contribution in [2.24, 2.45) is 17.1 Å². The van der Waals surface area contributed by atoms with Crippen LogP contribution in [0.5, 0.6) is 0 Å². The molecule has 5 heteroatoms. The molecule has 0 saturated heterocycles. The summed E-state index contributed by atoms with van der Waals surface area (Å²) in [5, 5.41) is 8.34. The van der Waals surface area contributed by atoms with Crippen molar-refractivity contribution in [3.05, 3.63) is 0 Å². The van der Waals surface area contributed by atoms with Crippen LogP contribution >= 0.6 is 0 Å². The van der Waals surface area contributed by atoms with E-state index in [0.717, 1.165) is 6.42 Å². The molecule has 0 aliphatic carbocycles. The summed E-state index contributed by atoms with van der Waals surface area (Å²) < 4.78 is 0. The van der Waals surface area contributed by atoms with Crippen LogP contribution in [-0.4, -0.2) is 22.9 Å². The number of rotatable bonds is 7. The molecule has 0 aromatic carbocycles. The van der Waals surface area contributed by atoms with Crippen LogP contribution in [0.1, 0.15) is 47.0 Å². The van der Waals surface area contributed by atoms with Crippen molar-refractivity contribution in [3.63, 3.8) is 0 Å². The van der Waals surface area contributed by atoms with Gasteiger partial charge in [-0.2, -0.15) is 0 Å². The lowest BCUT2D eigenvalue weighted by atomic mass is 9.74. The minimum atomic E-state index is -0.645. The Hall–Kier alpha value is -0.940. The first-order valence-corrected chi connectivity index (χ1v) is 5.98. The van der Waals surface area contributed by atoms with Gasteiger partial charge in [-0.25, -0.2) is 5.48 Å². The van der Waals surface area contributed by atoms with Crippen LogP contribution < -0.4 is 11.2 Å². The Balaban J connectivity index is 4.35. The van der Waals surface area contributed by atoms with E-state index in [0.29, 0.717) is 0 Å². The average molecular weight is 244 g/mol. The van der Waals surface area contributed by atoms with Gasteiger partial charge < -0.3 is 5.73 Å². The zero-order valence-electron chi connectivity index (χ0n) is 11.1. The second-order valence-corrected chi connectivity index (χ2v) is 5.15. The molecule has 1 amide bonds. The van der Waals surface area contributed by atoms with Crippen molar-refractivity contribution < 1.29 is 14.8 Å². The molecule has 17 heavy (non-hydrogen) atoms. The quantitative estimate of drug-likeness (QED) is 0.464. The normalized spacial score (nSPS) is 15.2. The van der Waals surface area contributed by atoms with Gasteiger partial charge in [0.1, 0.15) is 0 Å². The Morgan fingerprint density at radius 2 is 1.94 bits per heavy atom. The predicted molar refractivity (Wildman–Crippen MR) is 65.4 cm³/mol. The lowest BCUT2D eigenvalue weighted by Crippen LogP contribution is -2.40. The van der Waals surface area contributed by atoms with Gasteiger partial charge in [-0.15, -0.1) is 0 Å². The molecular formula is C12H24N2O3. The Bertz CT molecular complexity index is 277. The van der Waals surface area contributed by atoms with Crippen LogP contribution in [0.25, 0.3) is 0 Å². The molecule has 0 spiro atoms. The third-order valence-corrected chi connectivity index (χ3v) is 3.68. The highest BCUT2D eigenvalue weighted by Crippen LogP contribution is 2.31. The fraction of sp³-hybridized carbons (Fsp3) is 0.833. The van der Waals surface area contributed by atoms with Crippen molar-refractivity contribution >= 4 is 11.7 Å². The number of carbonyl (C=O) groups excluding carboxylic acids is 2. The maximum absolute atomic E-state index is 12.0. The molecule has 0 rings (SSSR count). The molecular weight excluding hydrogens is 220 g/mol. The SMILES string of the molecule is CCC(C)(C)C(C)C(=O)[C@@H](N)CCC(=O)NO. The minimum Gasteiger partial charge on any atom is -0.321 e. The fourth-order valence-electron chi connectivity index (χ4n) is 1.50. The summed E-state index contributed by atoms with van der Waals surface area (Å²) in [6, 6.07) is -0.645. The molecule has 0 aliphatic heterocycles. The molecule has 0 saturated carbocycles. The highest BCUT2D eigenvalue weighted by atomic mass is 16.5. The summed E-state index contributed by atoms with van der Waals surface area (Å²) >= 11 is 0. The van der Waals surface area contributed by atoms with Crippen LogP contribution in [0.15, 0.2) is 0 Å². The second kappa shape index (κ2) is 6.71. The van der Waals surface area contributed by atoms with Crippen molar-refractivity contribution in [1.29, 1.82) is 0 Å². The van der Waals surface area contributed by atoms with Crippen molar-refractivity contribution in [3.8, 4) is 0 Å². The lowest BCUT2D eigenvalue weighted by Gasteiger charge is -2.31. The van der Waals surface area contributed by atoms with Gasteiger partial charge in [-0.1, -0.05) is 34.1 Å². The Kier molecular flexibility index (Phi) is 6.34. The molecule has 1 unspecified atom stereocenters. The summed E-state index contributed by atoms with van der Waals surface area (Å²) in [6.07, 6.45) is 1.21. The van der Waals surface area contributed by atoms with Gasteiger partial charge in [0.15, 0.2) is 5.78 Å². The van der Waals surface area contributed by atoms with Gasteiger partial charge >= 0.3 is 0 Å². The highest BCUT2D eigenvalue weighted by molar-refractivity contribution is 5.87. The van der Waals surface area contributed by atoms with Crippen molar-refractivity contribution in [2.75, 3.05) is 0 Å². The van der Waals surface area contributed by atoms with Crippen LogP contribution in [0.3, 0.4) is 0 Å². The number of hydrogen-bond acceptors (Lipinski definition) is 4. The molecule has 0 fully saturated rings. The van der Waals surface area contributed by atoms with Crippen LogP contribution in [-0.2, 0) is 9.59 Å². The number of hydroxylamine groups is 1. The first-order chi connectivity index (χ1) is 7.76. The monoisotopic (exact) mass is 244 g/mol. The molecule has 4 N–H and O–H groups in total. The highest BCUT2D eigenvalue weighted by Gasteiger charge is 2.32. The van der Waals surface area contributed by atoms with Crippen LogP contribution in [0.4, 0.5) is 0 Å². The lowest BCUT2D eigenvalue weighted by molar-refractivity contribution is -0.130. The summed E-state index contributed by atoms with van der Waals surface area (Å²) in [7, 11) is 0. The number of ketones is 1. The first-order valence-electron chi connectivity index (χ1n) is 5.98. The maximum atomic E-state index is 12.0. The van der Waals surface area contributed by atoms with Gasteiger partial charge in [-0.3, -0.25) is 14.8 Å². The Morgan fingerprint density at radius 1 is 1.41 bits per heavy atom. The zero-order valence-corrected chi connectivity index (χ0v) is 11.1. The molecule has 0 bridgehead atoms. The maximum Gasteiger partial charge on any atom is 0.243 e. The van der Waals surface area contributed by atoms with Crippen molar-refractivity contribution in [1.82, 2.24) is 5.48 Å². The van der Waals surface area contributed by atoms with Crippen molar-refractivity contribution in [2.45, 2.75) is 53.0 Å². The van der Waals surface area contributed by atoms with E-state index in [2.05, 4.69) is 0 Å². The van der Waals surface area contributed by atoms with E-state index in [4.69, 9.17) is 10.9 Å². The van der Waals surface area contributed by atoms with Gasteiger partial charge in [0, 0.05) is 12.3 Å².